The van der Waals surface area contributed by atoms with E-state index in [4.69, 9.17) is 4.74 Å². The third-order valence-corrected chi connectivity index (χ3v) is 3.18. The van der Waals surface area contributed by atoms with Crippen molar-refractivity contribution in [3.63, 3.8) is 0 Å². The van der Waals surface area contributed by atoms with Gasteiger partial charge in [0.2, 0.25) is 0 Å². The van der Waals surface area contributed by atoms with Crippen LogP contribution in [0.25, 0.3) is 10.9 Å². The number of hydrogen-bond donors (Lipinski definition) is 0. The second kappa shape index (κ2) is 5.48. The lowest BCUT2D eigenvalue weighted by Gasteiger charge is -2.17. The standard InChI is InChI=1S/C17H13F2NO/c18-17(19,14-7-2-1-3-8-14)12-21-15-10-13-6-4-5-9-16(13)20-11-15/h1-11H,12H2. The van der Waals surface area contributed by atoms with Crippen LogP contribution in [0.1, 0.15) is 5.56 Å². The molecular weight excluding hydrogens is 272 g/mol. The maximum absolute atomic E-state index is 14.0. The van der Waals surface area contributed by atoms with E-state index in [0.717, 1.165) is 10.9 Å². The van der Waals surface area contributed by atoms with Gasteiger partial charge in [-0.15, -0.1) is 0 Å². The summed E-state index contributed by atoms with van der Waals surface area (Å²) < 4.78 is 33.2. The first-order valence-corrected chi connectivity index (χ1v) is 6.56. The Bertz CT molecular complexity index is 744. The van der Waals surface area contributed by atoms with Gasteiger partial charge in [0.25, 0.3) is 0 Å². The molecule has 0 N–H and O–H groups in total. The van der Waals surface area contributed by atoms with Crippen LogP contribution < -0.4 is 4.74 Å². The summed E-state index contributed by atoms with van der Waals surface area (Å²) in [5, 5.41) is 0.859. The van der Waals surface area contributed by atoms with Crippen molar-refractivity contribution in [2.24, 2.45) is 0 Å². The molecule has 0 aliphatic heterocycles. The summed E-state index contributed by atoms with van der Waals surface area (Å²) in [4.78, 5) is 4.18. The highest BCUT2D eigenvalue weighted by Gasteiger charge is 2.32. The molecule has 0 aliphatic carbocycles. The van der Waals surface area contributed by atoms with Crippen LogP contribution in [-0.2, 0) is 5.92 Å². The third-order valence-electron chi connectivity index (χ3n) is 3.18. The highest BCUT2D eigenvalue weighted by molar-refractivity contribution is 5.79. The molecule has 1 heterocycles. The molecule has 2 nitrogen and oxygen atoms in total. The van der Waals surface area contributed by atoms with Gasteiger partial charge in [-0.25, -0.2) is 0 Å². The minimum Gasteiger partial charge on any atom is -0.485 e. The van der Waals surface area contributed by atoms with Crippen molar-refractivity contribution in [3.8, 4) is 5.75 Å². The fourth-order valence-corrected chi connectivity index (χ4v) is 2.07. The van der Waals surface area contributed by atoms with E-state index in [1.807, 2.05) is 24.3 Å². The molecule has 3 aromatic rings. The van der Waals surface area contributed by atoms with Gasteiger partial charge >= 0.3 is 5.92 Å². The Labute approximate surface area is 121 Å². The molecule has 21 heavy (non-hydrogen) atoms. The zero-order valence-electron chi connectivity index (χ0n) is 11.2. The minimum absolute atomic E-state index is 0.0567. The molecule has 0 unspecified atom stereocenters. The molecule has 4 heteroatoms. The third kappa shape index (κ3) is 2.99. The number of para-hydroxylation sites is 1. The number of rotatable bonds is 4. The topological polar surface area (TPSA) is 22.1 Å². The van der Waals surface area contributed by atoms with Crippen molar-refractivity contribution in [2.75, 3.05) is 6.61 Å². The number of pyridine rings is 1. The second-order valence-electron chi connectivity index (χ2n) is 4.72. The summed E-state index contributed by atoms with van der Waals surface area (Å²) in [6.45, 7) is -0.711. The van der Waals surface area contributed by atoms with E-state index in [-0.39, 0.29) is 5.56 Å². The number of ether oxygens (including phenoxy) is 1. The zero-order chi connectivity index (χ0) is 14.7. The van der Waals surface area contributed by atoms with E-state index in [1.54, 1.807) is 24.3 Å². The van der Waals surface area contributed by atoms with Gasteiger partial charge in [-0.3, -0.25) is 4.98 Å². The van der Waals surface area contributed by atoms with Crippen LogP contribution in [-0.4, -0.2) is 11.6 Å². The molecule has 0 atom stereocenters. The van der Waals surface area contributed by atoms with Gasteiger partial charge in [-0.05, 0) is 12.1 Å². The number of nitrogens with zero attached hydrogens (tertiary/aromatic N) is 1. The largest absolute Gasteiger partial charge is 0.485 e. The van der Waals surface area contributed by atoms with Crippen LogP contribution in [0.3, 0.4) is 0 Å². The molecule has 0 fully saturated rings. The molecule has 0 bridgehead atoms. The predicted octanol–water partition coefficient (Wildman–Crippen LogP) is 4.41. The average Bonchev–Trinajstić information content (AvgIpc) is 2.54. The van der Waals surface area contributed by atoms with Gasteiger partial charge in [-0.1, -0.05) is 48.5 Å². The van der Waals surface area contributed by atoms with E-state index in [9.17, 15) is 8.78 Å². The molecule has 1 aromatic heterocycles. The molecule has 0 aliphatic rings. The van der Waals surface area contributed by atoms with Crippen molar-refractivity contribution in [1.29, 1.82) is 0 Å². The summed E-state index contributed by atoms with van der Waals surface area (Å²) in [5.74, 6) is -2.70. The van der Waals surface area contributed by atoms with Crippen molar-refractivity contribution in [2.45, 2.75) is 5.92 Å². The van der Waals surface area contributed by atoms with Crippen molar-refractivity contribution < 1.29 is 13.5 Å². The minimum atomic E-state index is -3.03. The molecule has 3 rings (SSSR count). The molecule has 0 spiro atoms. The van der Waals surface area contributed by atoms with E-state index in [0.29, 0.717) is 5.75 Å². The van der Waals surface area contributed by atoms with Gasteiger partial charge in [-0.2, -0.15) is 8.78 Å². The fraction of sp³-hybridized carbons (Fsp3) is 0.118. The van der Waals surface area contributed by atoms with Crippen molar-refractivity contribution >= 4 is 10.9 Å². The molecule has 106 valence electrons. The van der Waals surface area contributed by atoms with Crippen molar-refractivity contribution in [3.05, 3.63) is 72.4 Å². The SMILES string of the molecule is FC(F)(COc1cnc2ccccc2c1)c1ccccc1. The summed E-state index contributed by atoms with van der Waals surface area (Å²) >= 11 is 0. The van der Waals surface area contributed by atoms with E-state index in [1.165, 1.54) is 18.3 Å². The molecule has 0 saturated carbocycles. The van der Waals surface area contributed by atoms with E-state index in [2.05, 4.69) is 4.98 Å². The highest BCUT2D eigenvalue weighted by atomic mass is 19.3. The van der Waals surface area contributed by atoms with Gasteiger partial charge in [0.15, 0.2) is 6.61 Å². The first-order valence-electron chi connectivity index (χ1n) is 6.56. The van der Waals surface area contributed by atoms with Crippen LogP contribution in [0.15, 0.2) is 66.9 Å². The average molecular weight is 285 g/mol. The Kier molecular flexibility index (Phi) is 3.52. The number of aromatic nitrogens is 1. The Morgan fingerprint density at radius 2 is 1.67 bits per heavy atom. The van der Waals surface area contributed by atoms with E-state index >= 15 is 0 Å². The number of hydrogen-bond acceptors (Lipinski definition) is 2. The van der Waals surface area contributed by atoms with Crippen LogP contribution >= 0.6 is 0 Å². The van der Waals surface area contributed by atoms with Crippen LogP contribution in [0.2, 0.25) is 0 Å². The Morgan fingerprint density at radius 3 is 2.48 bits per heavy atom. The maximum atomic E-state index is 14.0. The van der Waals surface area contributed by atoms with Gasteiger partial charge in [0.05, 0.1) is 11.7 Å². The molecule has 0 amide bonds. The quantitative estimate of drug-likeness (QED) is 0.708. The predicted molar refractivity (Wildman–Crippen MR) is 77.6 cm³/mol. The number of alkyl halides is 2. The zero-order valence-corrected chi connectivity index (χ0v) is 11.2. The first-order chi connectivity index (χ1) is 10.1. The Balaban J connectivity index is 1.77. The summed E-state index contributed by atoms with van der Waals surface area (Å²) in [6.07, 6.45) is 1.46. The number of fused-ring (bicyclic) bond motifs is 1. The summed E-state index contributed by atoms with van der Waals surface area (Å²) in [7, 11) is 0. The summed E-state index contributed by atoms with van der Waals surface area (Å²) in [5.41, 5.74) is 0.749. The molecule has 2 aromatic carbocycles. The van der Waals surface area contributed by atoms with Crippen molar-refractivity contribution in [1.82, 2.24) is 4.98 Å². The van der Waals surface area contributed by atoms with Gasteiger partial charge in [0.1, 0.15) is 5.75 Å². The monoisotopic (exact) mass is 285 g/mol. The first kappa shape index (κ1) is 13.5. The van der Waals surface area contributed by atoms with Crippen LogP contribution in [0, 0.1) is 0 Å². The summed E-state index contributed by atoms with van der Waals surface area (Å²) in [6, 6.07) is 16.8. The lowest BCUT2D eigenvalue weighted by atomic mass is 10.1. The number of benzene rings is 2. The Morgan fingerprint density at radius 1 is 0.952 bits per heavy atom. The lowest BCUT2D eigenvalue weighted by molar-refractivity contribution is -0.0467. The lowest BCUT2D eigenvalue weighted by Crippen LogP contribution is -2.23. The van der Waals surface area contributed by atoms with E-state index < -0.39 is 12.5 Å². The molecule has 0 saturated heterocycles. The molecule has 0 radical (unpaired) electrons. The Hall–Kier alpha value is -2.49. The van der Waals surface area contributed by atoms with Crippen LogP contribution in [0.5, 0.6) is 5.75 Å². The number of halogens is 2. The van der Waals surface area contributed by atoms with Gasteiger partial charge in [0, 0.05) is 10.9 Å². The fourth-order valence-electron chi connectivity index (χ4n) is 2.07. The van der Waals surface area contributed by atoms with Crippen LogP contribution in [0.4, 0.5) is 8.78 Å². The van der Waals surface area contributed by atoms with Gasteiger partial charge < -0.3 is 4.74 Å². The normalized spacial score (nSPS) is 11.5. The smallest absolute Gasteiger partial charge is 0.306 e. The maximum Gasteiger partial charge on any atom is 0.306 e. The second-order valence-corrected chi connectivity index (χ2v) is 4.72. The highest BCUT2D eigenvalue weighted by Crippen LogP contribution is 2.29. The molecular formula is C17H13F2NO.